The van der Waals surface area contributed by atoms with Crippen molar-refractivity contribution in [2.75, 3.05) is 5.73 Å². The molecule has 0 saturated heterocycles. The molecule has 0 aliphatic heterocycles. The molecule has 1 unspecified atom stereocenters. The molecule has 1 atom stereocenters. The van der Waals surface area contributed by atoms with Crippen molar-refractivity contribution in [2.45, 2.75) is 6.04 Å². The summed E-state index contributed by atoms with van der Waals surface area (Å²) in [4.78, 5) is 0. The summed E-state index contributed by atoms with van der Waals surface area (Å²) in [5.74, 6) is 5.94. The molecule has 6 nitrogen and oxygen atoms in total. The van der Waals surface area contributed by atoms with Crippen LogP contribution in [0.2, 0.25) is 0 Å². The SMILES string of the molecule is NNC(c1ccsn1)c1cn[nH]c1N. The van der Waals surface area contributed by atoms with E-state index in [1.54, 1.807) is 6.20 Å². The van der Waals surface area contributed by atoms with Gasteiger partial charge in [0.1, 0.15) is 5.82 Å². The first-order valence-electron chi connectivity index (χ1n) is 3.98. The molecule has 0 radical (unpaired) electrons. The van der Waals surface area contributed by atoms with Crippen molar-refractivity contribution >= 4 is 17.4 Å². The zero-order chi connectivity index (χ0) is 9.97. The van der Waals surface area contributed by atoms with Crippen LogP contribution in [-0.2, 0) is 0 Å². The van der Waals surface area contributed by atoms with E-state index in [2.05, 4.69) is 20.0 Å². The summed E-state index contributed by atoms with van der Waals surface area (Å²) >= 11 is 1.37. The van der Waals surface area contributed by atoms with E-state index in [0.717, 1.165) is 11.3 Å². The Hall–Kier alpha value is -1.44. The Morgan fingerprint density at radius 3 is 2.93 bits per heavy atom. The molecule has 6 N–H and O–H groups in total. The molecular formula is C7H10N6S. The Bertz CT molecular complexity index is 394. The Morgan fingerprint density at radius 2 is 2.43 bits per heavy atom. The summed E-state index contributed by atoms with van der Waals surface area (Å²) in [5.41, 5.74) is 9.98. The van der Waals surface area contributed by atoms with Crippen molar-refractivity contribution in [3.05, 3.63) is 28.9 Å². The maximum Gasteiger partial charge on any atom is 0.124 e. The van der Waals surface area contributed by atoms with Crippen LogP contribution >= 0.6 is 11.5 Å². The van der Waals surface area contributed by atoms with Gasteiger partial charge in [0, 0.05) is 10.9 Å². The third-order valence-corrected chi connectivity index (χ3v) is 2.50. The number of H-pyrrole nitrogens is 1. The molecule has 7 heteroatoms. The molecule has 0 spiro atoms. The largest absolute Gasteiger partial charge is 0.384 e. The highest BCUT2D eigenvalue weighted by atomic mass is 32.1. The summed E-state index contributed by atoms with van der Waals surface area (Å²) in [6.45, 7) is 0. The monoisotopic (exact) mass is 210 g/mol. The van der Waals surface area contributed by atoms with Gasteiger partial charge in [0.15, 0.2) is 0 Å². The third kappa shape index (κ3) is 1.48. The molecule has 0 saturated carbocycles. The fourth-order valence-corrected chi connectivity index (χ4v) is 1.79. The molecule has 2 rings (SSSR count). The summed E-state index contributed by atoms with van der Waals surface area (Å²) in [6.07, 6.45) is 1.64. The van der Waals surface area contributed by atoms with Crippen LogP contribution in [-0.4, -0.2) is 14.6 Å². The summed E-state index contributed by atoms with van der Waals surface area (Å²) < 4.78 is 4.19. The van der Waals surface area contributed by atoms with E-state index in [1.807, 2.05) is 11.4 Å². The lowest BCUT2D eigenvalue weighted by Gasteiger charge is -2.11. The molecule has 0 fully saturated rings. The molecule has 2 aromatic heterocycles. The van der Waals surface area contributed by atoms with Crippen LogP contribution in [0.25, 0.3) is 0 Å². The standard InChI is InChI=1S/C7H10N6S/c8-7-4(3-10-12-7)6(11-9)5-1-2-14-13-5/h1-3,6,11H,9H2,(H3,8,10,12). The maximum atomic E-state index is 5.69. The second-order valence-electron chi connectivity index (χ2n) is 2.76. The number of rotatable bonds is 3. The first-order chi connectivity index (χ1) is 6.83. The predicted molar refractivity (Wildman–Crippen MR) is 54.3 cm³/mol. The number of hydrogen-bond donors (Lipinski definition) is 4. The van der Waals surface area contributed by atoms with Gasteiger partial charge in [-0.25, -0.2) is 5.43 Å². The molecule has 0 bridgehead atoms. The van der Waals surface area contributed by atoms with E-state index >= 15 is 0 Å². The molecule has 2 heterocycles. The van der Waals surface area contributed by atoms with Gasteiger partial charge in [-0.3, -0.25) is 10.9 Å². The van der Waals surface area contributed by atoms with E-state index in [-0.39, 0.29) is 6.04 Å². The molecule has 0 amide bonds. The fourth-order valence-electron chi connectivity index (χ4n) is 1.24. The predicted octanol–water partition coefficient (Wildman–Crippen LogP) is 0.00110. The van der Waals surface area contributed by atoms with Crippen molar-refractivity contribution < 1.29 is 0 Å². The highest BCUT2D eigenvalue weighted by molar-refractivity contribution is 7.03. The van der Waals surface area contributed by atoms with Gasteiger partial charge in [-0.2, -0.15) is 9.47 Å². The maximum absolute atomic E-state index is 5.69. The fraction of sp³-hybridized carbons (Fsp3) is 0.143. The van der Waals surface area contributed by atoms with Crippen LogP contribution in [0.3, 0.4) is 0 Å². The normalized spacial score (nSPS) is 12.9. The second-order valence-corrected chi connectivity index (χ2v) is 3.43. The van der Waals surface area contributed by atoms with Gasteiger partial charge in [-0.15, -0.1) is 0 Å². The van der Waals surface area contributed by atoms with Crippen molar-refractivity contribution in [1.82, 2.24) is 20.0 Å². The molecule has 14 heavy (non-hydrogen) atoms. The van der Waals surface area contributed by atoms with Gasteiger partial charge >= 0.3 is 0 Å². The van der Waals surface area contributed by atoms with Crippen LogP contribution in [0, 0.1) is 0 Å². The topological polar surface area (TPSA) is 106 Å². The Morgan fingerprint density at radius 1 is 1.57 bits per heavy atom. The number of nitrogens with zero attached hydrogens (tertiary/aromatic N) is 2. The van der Waals surface area contributed by atoms with Gasteiger partial charge in [0.05, 0.1) is 17.9 Å². The summed E-state index contributed by atoms with van der Waals surface area (Å²) in [5, 5.41) is 8.37. The average Bonchev–Trinajstić information content (AvgIpc) is 2.80. The number of nitrogens with two attached hydrogens (primary N) is 2. The lowest BCUT2D eigenvalue weighted by Crippen LogP contribution is -2.29. The van der Waals surface area contributed by atoms with E-state index in [9.17, 15) is 0 Å². The van der Waals surface area contributed by atoms with E-state index in [0.29, 0.717) is 5.82 Å². The molecule has 0 aromatic carbocycles. The van der Waals surface area contributed by atoms with Gasteiger partial charge in [-0.05, 0) is 17.6 Å². The minimum absolute atomic E-state index is 0.208. The average molecular weight is 210 g/mol. The first kappa shape index (κ1) is 9.13. The van der Waals surface area contributed by atoms with Crippen LogP contribution in [0.4, 0.5) is 5.82 Å². The van der Waals surface area contributed by atoms with E-state index < -0.39 is 0 Å². The van der Waals surface area contributed by atoms with Gasteiger partial charge in [0.2, 0.25) is 0 Å². The first-order valence-corrected chi connectivity index (χ1v) is 4.81. The van der Waals surface area contributed by atoms with Gasteiger partial charge in [0.25, 0.3) is 0 Å². The summed E-state index contributed by atoms with van der Waals surface area (Å²) in [6, 6.07) is 1.68. The quantitative estimate of drug-likeness (QED) is 0.421. The lowest BCUT2D eigenvalue weighted by molar-refractivity contribution is 0.628. The second kappa shape index (κ2) is 3.74. The third-order valence-electron chi connectivity index (χ3n) is 1.93. The Kier molecular flexibility index (Phi) is 2.44. The minimum Gasteiger partial charge on any atom is -0.384 e. The zero-order valence-corrected chi connectivity index (χ0v) is 8.08. The molecule has 0 aliphatic rings. The Labute approximate surface area is 84.5 Å². The number of hydrazine groups is 1. The smallest absolute Gasteiger partial charge is 0.124 e. The highest BCUT2D eigenvalue weighted by Gasteiger charge is 2.18. The van der Waals surface area contributed by atoms with Crippen molar-refractivity contribution in [3.8, 4) is 0 Å². The number of nitrogen functional groups attached to an aromatic ring is 1. The summed E-state index contributed by atoms with van der Waals surface area (Å²) in [7, 11) is 0. The van der Waals surface area contributed by atoms with E-state index in [4.69, 9.17) is 11.6 Å². The number of aromatic nitrogens is 3. The van der Waals surface area contributed by atoms with E-state index in [1.165, 1.54) is 11.5 Å². The number of hydrogen-bond acceptors (Lipinski definition) is 6. The molecular weight excluding hydrogens is 200 g/mol. The zero-order valence-electron chi connectivity index (χ0n) is 7.27. The van der Waals surface area contributed by atoms with Crippen LogP contribution in [0.15, 0.2) is 17.6 Å². The molecule has 0 aliphatic carbocycles. The van der Waals surface area contributed by atoms with Crippen molar-refractivity contribution in [3.63, 3.8) is 0 Å². The molecule has 74 valence electrons. The highest BCUT2D eigenvalue weighted by Crippen LogP contribution is 2.23. The van der Waals surface area contributed by atoms with Crippen LogP contribution in [0.5, 0.6) is 0 Å². The van der Waals surface area contributed by atoms with Crippen molar-refractivity contribution in [2.24, 2.45) is 5.84 Å². The van der Waals surface area contributed by atoms with Gasteiger partial charge in [-0.1, -0.05) is 0 Å². The lowest BCUT2D eigenvalue weighted by atomic mass is 10.1. The number of nitrogens with one attached hydrogen (secondary N) is 2. The van der Waals surface area contributed by atoms with Gasteiger partial charge < -0.3 is 5.73 Å². The Balaban J connectivity index is 2.36. The number of anilines is 1. The van der Waals surface area contributed by atoms with Crippen LogP contribution in [0.1, 0.15) is 17.3 Å². The molecule has 2 aromatic rings. The van der Waals surface area contributed by atoms with Crippen molar-refractivity contribution in [1.29, 1.82) is 0 Å². The van der Waals surface area contributed by atoms with Crippen LogP contribution < -0.4 is 17.0 Å². The number of aromatic amines is 1. The minimum atomic E-state index is -0.208.